The van der Waals surface area contributed by atoms with Crippen LogP contribution in [0.3, 0.4) is 0 Å². The van der Waals surface area contributed by atoms with Gasteiger partial charge < -0.3 is 10.1 Å². The van der Waals surface area contributed by atoms with Crippen molar-refractivity contribution in [3.05, 3.63) is 0 Å². The van der Waals surface area contributed by atoms with Gasteiger partial charge in [-0.25, -0.2) is 0 Å². The molecule has 0 fully saturated rings. The van der Waals surface area contributed by atoms with Crippen molar-refractivity contribution in [2.24, 2.45) is 0 Å². The fourth-order valence-corrected chi connectivity index (χ4v) is 1.22. The Balaban J connectivity index is 3.53. The summed E-state index contributed by atoms with van der Waals surface area (Å²) in [5.41, 5.74) is 0. The van der Waals surface area contributed by atoms with E-state index in [2.05, 4.69) is 12.2 Å². The van der Waals surface area contributed by atoms with Crippen LogP contribution in [0.5, 0.6) is 0 Å². The van der Waals surface area contributed by atoms with Crippen molar-refractivity contribution < 1.29 is 17.9 Å². The number of ether oxygens (including phenoxy) is 1. The summed E-state index contributed by atoms with van der Waals surface area (Å²) in [7, 11) is 0. The summed E-state index contributed by atoms with van der Waals surface area (Å²) < 4.78 is 40.8. The molecule has 0 saturated heterocycles. The van der Waals surface area contributed by atoms with Crippen LogP contribution in [-0.4, -0.2) is 31.5 Å². The predicted octanol–water partition coefficient (Wildman–Crippen LogP) is 3.12. The second kappa shape index (κ2) is 7.90. The Labute approximate surface area is 95.5 Å². The fraction of sp³-hybridized carbons (Fsp3) is 1.00. The molecule has 0 aromatic heterocycles. The number of hydrogen-bond donors (Lipinski definition) is 1. The molecule has 16 heavy (non-hydrogen) atoms. The average molecular weight is 241 g/mol. The van der Waals surface area contributed by atoms with E-state index in [9.17, 15) is 13.2 Å². The minimum atomic E-state index is -4.07. The molecule has 0 aromatic carbocycles. The number of nitrogens with one attached hydrogen (secondary N) is 1. The SMILES string of the molecule is CCCNC(C)C(C)OCCCC(F)(F)F. The monoisotopic (exact) mass is 241 g/mol. The van der Waals surface area contributed by atoms with Crippen molar-refractivity contribution in [1.82, 2.24) is 5.32 Å². The number of rotatable bonds is 8. The molecule has 5 heteroatoms. The Hall–Kier alpha value is -0.290. The topological polar surface area (TPSA) is 21.3 Å². The van der Waals surface area contributed by atoms with Crippen LogP contribution >= 0.6 is 0 Å². The van der Waals surface area contributed by atoms with E-state index < -0.39 is 12.6 Å². The molecule has 0 amide bonds. The molecule has 0 spiro atoms. The van der Waals surface area contributed by atoms with Gasteiger partial charge in [0.25, 0.3) is 0 Å². The Kier molecular flexibility index (Phi) is 7.76. The van der Waals surface area contributed by atoms with Gasteiger partial charge in [0, 0.05) is 19.1 Å². The average Bonchev–Trinajstić information content (AvgIpc) is 2.19. The summed E-state index contributed by atoms with van der Waals surface area (Å²) in [6.45, 7) is 6.98. The van der Waals surface area contributed by atoms with E-state index in [0.29, 0.717) is 0 Å². The van der Waals surface area contributed by atoms with Gasteiger partial charge >= 0.3 is 6.18 Å². The molecular weight excluding hydrogens is 219 g/mol. The predicted molar refractivity (Wildman–Crippen MR) is 58.5 cm³/mol. The molecule has 0 saturated carbocycles. The smallest absolute Gasteiger partial charge is 0.377 e. The highest BCUT2D eigenvalue weighted by molar-refractivity contribution is 4.67. The van der Waals surface area contributed by atoms with Gasteiger partial charge in [-0.2, -0.15) is 13.2 Å². The molecule has 0 radical (unpaired) electrons. The minimum absolute atomic E-state index is 0.0360. The van der Waals surface area contributed by atoms with Crippen molar-refractivity contribution in [3.8, 4) is 0 Å². The summed E-state index contributed by atoms with van der Waals surface area (Å²) in [5.74, 6) is 0. The lowest BCUT2D eigenvalue weighted by atomic mass is 10.2. The van der Waals surface area contributed by atoms with Gasteiger partial charge in [0.2, 0.25) is 0 Å². The third-order valence-corrected chi connectivity index (χ3v) is 2.41. The second-order valence-electron chi connectivity index (χ2n) is 4.04. The molecule has 0 aliphatic rings. The summed E-state index contributed by atoms with van der Waals surface area (Å²) in [6.07, 6.45) is -3.82. The van der Waals surface area contributed by atoms with E-state index in [1.165, 1.54) is 0 Å². The second-order valence-corrected chi connectivity index (χ2v) is 4.04. The molecule has 0 bridgehead atoms. The maximum atomic E-state index is 11.8. The first-order valence-corrected chi connectivity index (χ1v) is 5.78. The molecular formula is C11H22F3NO. The Bertz CT molecular complexity index is 173. The van der Waals surface area contributed by atoms with Crippen LogP contribution < -0.4 is 5.32 Å². The van der Waals surface area contributed by atoms with E-state index in [4.69, 9.17) is 4.74 Å². The zero-order valence-electron chi connectivity index (χ0n) is 10.2. The number of halogens is 3. The molecule has 0 aliphatic heterocycles. The van der Waals surface area contributed by atoms with Crippen molar-refractivity contribution in [3.63, 3.8) is 0 Å². The molecule has 0 aromatic rings. The molecule has 2 nitrogen and oxygen atoms in total. The first-order valence-electron chi connectivity index (χ1n) is 5.78. The van der Waals surface area contributed by atoms with E-state index in [0.717, 1.165) is 13.0 Å². The highest BCUT2D eigenvalue weighted by atomic mass is 19.4. The molecule has 98 valence electrons. The lowest BCUT2D eigenvalue weighted by molar-refractivity contribution is -0.139. The molecule has 0 heterocycles. The summed E-state index contributed by atoms with van der Waals surface area (Å²) in [6, 6.07) is 0.172. The zero-order chi connectivity index (χ0) is 12.6. The summed E-state index contributed by atoms with van der Waals surface area (Å²) >= 11 is 0. The summed E-state index contributed by atoms with van der Waals surface area (Å²) in [4.78, 5) is 0. The minimum Gasteiger partial charge on any atom is -0.377 e. The van der Waals surface area contributed by atoms with Crippen molar-refractivity contribution in [2.45, 2.75) is 58.4 Å². The lowest BCUT2D eigenvalue weighted by Gasteiger charge is -2.21. The fourth-order valence-electron chi connectivity index (χ4n) is 1.22. The van der Waals surface area contributed by atoms with Crippen LogP contribution in [0.25, 0.3) is 0 Å². The maximum Gasteiger partial charge on any atom is 0.389 e. The quantitative estimate of drug-likeness (QED) is 0.659. The Morgan fingerprint density at radius 1 is 1.25 bits per heavy atom. The third kappa shape index (κ3) is 8.97. The molecule has 0 aliphatic carbocycles. The first-order chi connectivity index (χ1) is 7.37. The molecule has 2 atom stereocenters. The van der Waals surface area contributed by atoms with Gasteiger partial charge in [0.15, 0.2) is 0 Å². The van der Waals surface area contributed by atoms with Gasteiger partial charge in [0.1, 0.15) is 0 Å². The van der Waals surface area contributed by atoms with Crippen LogP contribution in [0.1, 0.15) is 40.0 Å². The Morgan fingerprint density at radius 3 is 2.38 bits per heavy atom. The van der Waals surface area contributed by atoms with E-state index in [1.807, 2.05) is 13.8 Å². The van der Waals surface area contributed by atoms with Crippen molar-refractivity contribution >= 4 is 0 Å². The van der Waals surface area contributed by atoms with Crippen molar-refractivity contribution in [2.75, 3.05) is 13.2 Å². The van der Waals surface area contributed by atoms with Crippen LogP contribution in [0.2, 0.25) is 0 Å². The standard InChI is InChI=1S/C11H22F3NO/c1-4-7-15-9(2)10(3)16-8-5-6-11(12,13)14/h9-10,15H,4-8H2,1-3H3. The highest BCUT2D eigenvalue weighted by Gasteiger charge is 2.26. The first kappa shape index (κ1) is 15.7. The molecule has 1 N–H and O–H groups in total. The number of hydrogen-bond acceptors (Lipinski definition) is 2. The maximum absolute atomic E-state index is 11.8. The van der Waals surface area contributed by atoms with Crippen LogP contribution in [-0.2, 0) is 4.74 Å². The number of alkyl halides is 3. The van der Waals surface area contributed by atoms with Gasteiger partial charge in [-0.3, -0.25) is 0 Å². The summed E-state index contributed by atoms with van der Waals surface area (Å²) in [5, 5.41) is 3.24. The normalized spacial score (nSPS) is 16.1. The molecule has 0 rings (SSSR count). The van der Waals surface area contributed by atoms with Gasteiger partial charge in [-0.15, -0.1) is 0 Å². The zero-order valence-corrected chi connectivity index (χ0v) is 10.2. The van der Waals surface area contributed by atoms with Gasteiger partial charge in [-0.1, -0.05) is 6.92 Å². The highest BCUT2D eigenvalue weighted by Crippen LogP contribution is 2.21. The van der Waals surface area contributed by atoms with Crippen LogP contribution in [0, 0.1) is 0 Å². The van der Waals surface area contributed by atoms with Gasteiger partial charge in [0.05, 0.1) is 6.10 Å². The van der Waals surface area contributed by atoms with E-state index in [1.54, 1.807) is 0 Å². The lowest BCUT2D eigenvalue weighted by Crippen LogP contribution is -2.37. The largest absolute Gasteiger partial charge is 0.389 e. The van der Waals surface area contributed by atoms with Gasteiger partial charge in [-0.05, 0) is 33.2 Å². The van der Waals surface area contributed by atoms with E-state index >= 15 is 0 Å². The van der Waals surface area contributed by atoms with Crippen LogP contribution in [0.15, 0.2) is 0 Å². The third-order valence-electron chi connectivity index (χ3n) is 2.41. The van der Waals surface area contributed by atoms with Crippen LogP contribution in [0.4, 0.5) is 13.2 Å². The van der Waals surface area contributed by atoms with E-state index in [-0.39, 0.29) is 25.2 Å². The molecule has 2 unspecified atom stereocenters. The van der Waals surface area contributed by atoms with Crippen molar-refractivity contribution in [1.29, 1.82) is 0 Å². The Morgan fingerprint density at radius 2 is 1.88 bits per heavy atom.